The normalized spacial score (nSPS) is 14.7. The lowest BCUT2D eigenvalue weighted by Gasteiger charge is -2.35. The highest BCUT2D eigenvalue weighted by Crippen LogP contribution is 2.27. The first kappa shape index (κ1) is 19.7. The second kappa shape index (κ2) is 9.77. The van der Waals surface area contributed by atoms with E-state index in [4.69, 9.17) is 0 Å². The van der Waals surface area contributed by atoms with Crippen LogP contribution in [0.25, 0.3) is 0 Å². The molecule has 0 atom stereocenters. The van der Waals surface area contributed by atoms with Crippen LogP contribution in [-0.2, 0) is 12.3 Å². The molecule has 1 heterocycles. The molecule has 29 heavy (non-hydrogen) atoms. The monoisotopic (exact) mass is 402 g/mol. The average molecular weight is 403 g/mol. The van der Waals surface area contributed by atoms with Gasteiger partial charge in [0.2, 0.25) is 0 Å². The Bertz CT molecular complexity index is 922. The number of amides is 1. The van der Waals surface area contributed by atoms with E-state index < -0.39 is 0 Å². The van der Waals surface area contributed by atoms with Crippen LogP contribution in [0.1, 0.15) is 21.5 Å². The Morgan fingerprint density at radius 1 is 0.724 bits per heavy atom. The van der Waals surface area contributed by atoms with E-state index >= 15 is 0 Å². The van der Waals surface area contributed by atoms with Crippen LogP contribution in [-0.4, -0.2) is 41.9 Å². The molecule has 1 aliphatic rings. The van der Waals surface area contributed by atoms with Crippen molar-refractivity contribution in [3.05, 3.63) is 102 Å². The molecule has 0 unspecified atom stereocenters. The molecule has 0 aliphatic carbocycles. The van der Waals surface area contributed by atoms with Gasteiger partial charge < -0.3 is 4.90 Å². The largest absolute Gasteiger partial charge is 0.336 e. The quantitative estimate of drug-likeness (QED) is 0.546. The smallest absolute Gasteiger partial charge is 0.255 e. The van der Waals surface area contributed by atoms with Gasteiger partial charge in [-0.05, 0) is 23.3 Å². The van der Waals surface area contributed by atoms with Crippen molar-refractivity contribution in [2.75, 3.05) is 26.2 Å². The lowest BCUT2D eigenvalue weighted by atomic mass is 10.1. The molecule has 0 aromatic heterocycles. The van der Waals surface area contributed by atoms with Gasteiger partial charge in [0, 0.05) is 43.4 Å². The number of carbonyl (C=O) groups excluding carboxylic acids is 1. The van der Waals surface area contributed by atoms with Gasteiger partial charge in [-0.15, -0.1) is 11.8 Å². The van der Waals surface area contributed by atoms with Crippen molar-refractivity contribution in [2.45, 2.75) is 17.2 Å². The minimum atomic E-state index is 0.153. The van der Waals surface area contributed by atoms with Crippen molar-refractivity contribution in [2.24, 2.45) is 0 Å². The maximum Gasteiger partial charge on any atom is 0.255 e. The summed E-state index contributed by atoms with van der Waals surface area (Å²) < 4.78 is 0. The van der Waals surface area contributed by atoms with Crippen molar-refractivity contribution >= 4 is 17.7 Å². The fourth-order valence-corrected chi connectivity index (χ4v) is 4.63. The Labute approximate surface area is 177 Å². The molecule has 1 amide bonds. The summed E-state index contributed by atoms with van der Waals surface area (Å²) in [5.41, 5.74) is 3.43. The van der Waals surface area contributed by atoms with Crippen LogP contribution >= 0.6 is 11.8 Å². The van der Waals surface area contributed by atoms with Crippen molar-refractivity contribution < 1.29 is 4.79 Å². The minimum Gasteiger partial charge on any atom is -0.336 e. The highest BCUT2D eigenvalue weighted by molar-refractivity contribution is 7.98. The van der Waals surface area contributed by atoms with Crippen LogP contribution in [0.4, 0.5) is 0 Å². The molecule has 4 rings (SSSR count). The predicted molar refractivity (Wildman–Crippen MR) is 120 cm³/mol. The van der Waals surface area contributed by atoms with E-state index in [1.807, 2.05) is 35.2 Å². The van der Waals surface area contributed by atoms with E-state index in [9.17, 15) is 4.79 Å². The maximum atomic E-state index is 13.2. The lowest BCUT2D eigenvalue weighted by Crippen LogP contribution is -2.48. The van der Waals surface area contributed by atoms with Gasteiger partial charge in [-0.25, -0.2) is 0 Å². The Balaban J connectivity index is 1.36. The van der Waals surface area contributed by atoms with E-state index in [2.05, 4.69) is 59.5 Å². The predicted octanol–water partition coefficient (Wildman–Crippen LogP) is 4.94. The summed E-state index contributed by atoms with van der Waals surface area (Å²) in [6.45, 7) is 4.35. The van der Waals surface area contributed by atoms with Crippen molar-refractivity contribution in [1.29, 1.82) is 0 Å². The van der Waals surface area contributed by atoms with Crippen LogP contribution in [0, 0.1) is 0 Å². The van der Waals surface area contributed by atoms with E-state index in [1.165, 1.54) is 11.1 Å². The highest BCUT2D eigenvalue weighted by atomic mass is 32.2. The molecular formula is C25H26N2OS. The van der Waals surface area contributed by atoms with E-state index in [0.29, 0.717) is 0 Å². The first-order valence-electron chi connectivity index (χ1n) is 10.1. The summed E-state index contributed by atoms with van der Waals surface area (Å²) in [6.07, 6.45) is 0. The molecule has 3 aromatic carbocycles. The fraction of sp³-hybridized carbons (Fsp3) is 0.240. The number of piperazine rings is 1. The first-order valence-corrected chi connectivity index (χ1v) is 11.1. The van der Waals surface area contributed by atoms with E-state index in [-0.39, 0.29) is 5.91 Å². The molecule has 0 radical (unpaired) electrons. The zero-order valence-electron chi connectivity index (χ0n) is 16.5. The Kier molecular flexibility index (Phi) is 6.65. The Morgan fingerprint density at radius 3 is 2.00 bits per heavy atom. The summed E-state index contributed by atoms with van der Waals surface area (Å²) >= 11 is 1.74. The van der Waals surface area contributed by atoms with Crippen LogP contribution < -0.4 is 0 Å². The third kappa shape index (κ3) is 5.28. The number of benzene rings is 3. The van der Waals surface area contributed by atoms with Crippen LogP contribution in [0.5, 0.6) is 0 Å². The van der Waals surface area contributed by atoms with E-state index in [0.717, 1.165) is 48.9 Å². The molecule has 1 saturated heterocycles. The standard InChI is InChI=1S/C25H26N2OS/c28-25(27-17-15-26(16-18-27)19-21-9-3-1-4-10-21)23-13-7-8-14-24(23)29-20-22-11-5-2-6-12-22/h1-14H,15-20H2. The van der Waals surface area contributed by atoms with Gasteiger partial charge in [0.1, 0.15) is 0 Å². The third-order valence-electron chi connectivity index (χ3n) is 5.26. The summed E-state index contributed by atoms with van der Waals surface area (Å²) in [5.74, 6) is 1.02. The average Bonchev–Trinajstić information content (AvgIpc) is 2.79. The van der Waals surface area contributed by atoms with Gasteiger partial charge in [-0.1, -0.05) is 72.8 Å². The number of hydrogen-bond acceptors (Lipinski definition) is 3. The van der Waals surface area contributed by atoms with Crippen LogP contribution in [0.15, 0.2) is 89.8 Å². The number of nitrogens with zero attached hydrogens (tertiary/aromatic N) is 2. The van der Waals surface area contributed by atoms with Crippen LogP contribution in [0.3, 0.4) is 0 Å². The number of hydrogen-bond donors (Lipinski definition) is 0. The highest BCUT2D eigenvalue weighted by Gasteiger charge is 2.23. The van der Waals surface area contributed by atoms with Crippen molar-refractivity contribution in [3.8, 4) is 0 Å². The molecule has 3 nitrogen and oxygen atoms in total. The molecule has 148 valence electrons. The molecule has 0 bridgehead atoms. The summed E-state index contributed by atoms with van der Waals surface area (Å²) in [6, 6.07) is 29.0. The first-order chi connectivity index (χ1) is 14.3. The third-order valence-corrected chi connectivity index (χ3v) is 6.41. The zero-order chi connectivity index (χ0) is 19.9. The molecule has 4 heteroatoms. The number of rotatable bonds is 6. The topological polar surface area (TPSA) is 23.6 Å². The molecule has 1 aliphatic heterocycles. The fourth-order valence-electron chi connectivity index (χ4n) is 3.63. The van der Waals surface area contributed by atoms with Gasteiger partial charge in [-0.3, -0.25) is 9.69 Å². The maximum absolute atomic E-state index is 13.2. The molecular weight excluding hydrogens is 376 g/mol. The second-order valence-electron chi connectivity index (χ2n) is 7.32. The molecule has 0 N–H and O–H groups in total. The lowest BCUT2D eigenvalue weighted by molar-refractivity contribution is 0.0625. The van der Waals surface area contributed by atoms with Crippen molar-refractivity contribution in [1.82, 2.24) is 9.80 Å². The molecule has 1 fully saturated rings. The summed E-state index contributed by atoms with van der Waals surface area (Å²) in [4.78, 5) is 18.7. The number of thioether (sulfide) groups is 1. The van der Waals surface area contributed by atoms with Crippen LogP contribution in [0.2, 0.25) is 0 Å². The SMILES string of the molecule is O=C(c1ccccc1SCc1ccccc1)N1CCN(Cc2ccccc2)CC1. The Hall–Kier alpha value is -2.56. The van der Waals surface area contributed by atoms with Gasteiger partial charge in [-0.2, -0.15) is 0 Å². The van der Waals surface area contributed by atoms with Gasteiger partial charge in [0.25, 0.3) is 5.91 Å². The molecule has 0 saturated carbocycles. The Morgan fingerprint density at radius 2 is 1.31 bits per heavy atom. The van der Waals surface area contributed by atoms with Gasteiger partial charge in [0.05, 0.1) is 5.56 Å². The minimum absolute atomic E-state index is 0.153. The van der Waals surface area contributed by atoms with Gasteiger partial charge >= 0.3 is 0 Å². The van der Waals surface area contributed by atoms with Crippen molar-refractivity contribution in [3.63, 3.8) is 0 Å². The van der Waals surface area contributed by atoms with E-state index in [1.54, 1.807) is 11.8 Å². The second-order valence-corrected chi connectivity index (χ2v) is 8.34. The summed E-state index contributed by atoms with van der Waals surface area (Å²) in [5, 5.41) is 0. The molecule has 0 spiro atoms. The summed E-state index contributed by atoms with van der Waals surface area (Å²) in [7, 11) is 0. The van der Waals surface area contributed by atoms with Gasteiger partial charge in [0.15, 0.2) is 0 Å². The number of carbonyl (C=O) groups is 1. The molecule has 3 aromatic rings. The zero-order valence-corrected chi connectivity index (χ0v) is 17.4.